The highest BCUT2D eigenvalue weighted by Gasteiger charge is 2.21. The summed E-state index contributed by atoms with van der Waals surface area (Å²) in [5.41, 5.74) is 2.03. The van der Waals surface area contributed by atoms with Crippen molar-refractivity contribution < 1.29 is 13.2 Å². The van der Waals surface area contributed by atoms with Crippen molar-refractivity contribution in [3.8, 4) is 16.3 Å². The van der Waals surface area contributed by atoms with E-state index in [2.05, 4.69) is 4.98 Å². The average molecular weight is 464 g/mol. The third kappa shape index (κ3) is 5.40. The van der Waals surface area contributed by atoms with Crippen LogP contribution in [-0.2, 0) is 15.8 Å². The van der Waals surface area contributed by atoms with E-state index >= 15 is 0 Å². The van der Waals surface area contributed by atoms with Gasteiger partial charge in [0.15, 0.2) is 0 Å². The SMILES string of the molecule is CCOc1ccc(-c2nc(CSc3ccc(S(=O)(=O)N(CC)CC)cn3)cs2)cc1. The standard InChI is InChI=1S/C21H25N3O3S3/c1-4-24(5-2)30(25,26)19-11-12-20(22-13-19)28-14-17-15-29-21(23-17)16-7-9-18(10-8-16)27-6-3/h7-13,15H,4-6,14H2,1-3H3. The van der Waals surface area contributed by atoms with E-state index in [1.165, 1.54) is 22.3 Å². The molecule has 0 fully saturated rings. The number of aromatic nitrogens is 2. The molecule has 0 bridgehead atoms. The van der Waals surface area contributed by atoms with E-state index in [0.717, 1.165) is 27.0 Å². The maximum absolute atomic E-state index is 12.5. The molecule has 0 radical (unpaired) electrons. The average Bonchev–Trinajstić information content (AvgIpc) is 3.23. The molecule has 0 unspecified atom stereocenters. The van der Waals surface area contributed by atoms with Gasteiger partial charge in [0.1, 0.15) is 15.7 Å². The van der Waals surface area contributed by atoms with Gasteiger partial charge in [0.2, 0.25) is 10.0 Å². The summed E-state index contributed by atoms with van der Waals surface area (Å²) in [5.74, 6) is 1.52. The summed E-state index contributed by atoms with van der Waals surface area (Å²) in [7, 11) is -3.48. The Morgan fingerprint density at radius 1 is 1.07 bits per heavy atom. The molecule has 9 heteroatoms. The van der Waals surface area contributed by atoms with Gasteiger partial charge < -0.3 is 4.74 Å². The van der Waals surface area contributed by atoms with E-state index in [1.807, 2.05) is 50.4 Å². The van der Waals surface area contributed by atoms with Crippen LogP contribution in [0.4, 0.5) is 0 Å². The maximum atomic E-state index is 12.5. The molecule has 3 aromatic rings. The number of pyridine rings is 1. The van der Waals surface area contributed by atoms with Gasteiger partial charge in [-0.2, -0.15) is 4.31 Å². The number of rotatable bonds is 10. The van der Waals surface area contributed by atoms with Gasteiger partial charge in [0.25, 0.3) is 0 Å². The first-order valence-corrected chi connectivity index (χ1v) is 13.0. The lowest BCUT2D eigenvalue weighted by molar-refractivity contribution is 0.340. The molecule has 0 aliphatic heterocycles. The van der Waals surface area contributed by atoms with Crippen LogP contribution in [0.1, 0.15) is 26.5 Å². The molecule has 2 heterocycles. The van der Waals surface area contributed by atoms with Crippen LogP contribution in [0.25, 0.3) is 10.6 Å². The minimum atomic E-state index is -3.48. The van der Waals surface area contributed by atoms with Gasteiger partial charge in [-0.15, -0.1) is 23.1 Å². The summed E-state index contributed by atoms with van der Waals surface area (Å²) in [6.07, 6.45) is 1.43. The van der Waals surface area contributed by atoms with Crippen molar-refractivity contribution in [2.45, 2.75) is 36.4 Å². The zero-order valence-corrected chi connectivity index (χ0v) is 19.7. The predicted octanol–water partition coefficient (Wildman–Crippen LogP) is 4.93. The van der Waals surface area contributed by atoms with Crippen LogP contribution in [0.2, 0.25) is 0 Å². The van der Waals surface area contributed by atoms with E-state index in [4.69, 9.17) is 9.72 Å². The van der Waals surface area contributed by atoms with Crippen LogP contribution < -0.4 is 4.74 Å². The van der Waals surface area contributed by atoms with Crippen molar-refractivity contribution in [3.63, 3.8) is 0 Å². The monoisotopic (exact) mass is 463 g/mol. The molecular weight excluding hydrogens is 438 g/mol. The predicted molar refractivity (Wildman–Crippen MR) is 123 cm³/mol. The highest BCUT2D eigenvalue weighted by Crippen LogP contribution is 2.29. The number of hydrogen-bond donors (Lipinski definition) is 0. The molecule has 30 heavy (non-hydrogen) atoms. The van der Waals surface area contributed by atoms with Crippen LogP contribution in [0, 0.1) is 0 Å². The summed E-state index contributed by atoms with van der Waals surface area (Å²) in [5, 5.41) is 3.77. The Labute approximate surface area is 186 Å². The largest absolute Gasteiger partial charge is 0.494 e. The van der Waals surface area contributed by atoms with Crippen molar-refractivity contribution in [3.05, 3.63) is 53.7 Å². The third-order valence-corrected chi connectivity index (χ3v) is 8.34. The highest BCUT2D eigenvalue weighted by atomic mass is 32.2. The molecule has 160 valence electrons. The normalized spacial score (nSPS) is 11.7. The van der Waals surface area contributed by atoms with E-state index in [1.54, 1.807) is 23.5 Å². The van der Waals surface area contributed by atoms with Crippen molar-refractivity contribution in [2.75, 3.05) is 19.7 Å². The Bertz CT molecular complexity index is 1050. The second kappa shape index (κ2) is 10.4. The Morgan fingerprint density at radius 3 is 2.40 bits per heavy atom. The molecule has 0 amide bonds. The van der Waals surface area contributed by atoms with E-state index in [-0.39, 0.29) is 4.90 Å². The van der Waals surface area contributed by atoms with Crippen LogP contribution >= 0.6 is 23.1 Å². The van der Waals surface area contributed by atoms with Crippen LogP contribution in [0.5, 0.6) is 5.75 Å². The molecule has 1 aromatic carbocycles. The summed E-state index contributed by atoms with van der Waals surface area (Å²) < 4.78 is 32.0. The van der Waals surface area contributed by atoms with Crippen molar-refractivity contribution in [1.82, 2.24) is 14.3 Å². The van der Waals surface area contributed by atoms with Gasteiger partial charge in [0, 0.05) is 36.0 Å². The fourth-order valence-corrected chi connectivity index (χ4v) is 5.90. The molecule has 0 saturated carbocycles. The number of thioether (sulfide) groups is 1. The Balaban J connectivity index is 1.62. The lowest BCUT2D eigenvalue weighted by Crippen LogP contribution is -2.30. The van der Waals surface area contributed by atoms with Crippen molar-refractivity contribution >= 4 is 33.1 Å². The van der Waals surface area contributed by atoms with Crippen LogP contribution in [0.15, 0.2) is 57.9 Å². The van der Waals surface area contributed by atoms with E-state index in [0.29, 0.717) is 25.4 Å². The number of sulfonamides is 1. The van der Waals surface area contributed by atoms with Crippen LogP contribution in [-0.4, -0.2) is 42.4 Å². The second-order valence-corrected chi connectivity index (χ2v) is 10.1. The molecule has 0 aliphatic rings. The van der Waals surface area contributed by atoms with E-state index in [9.17, 15) is 8.42 Å². The molecule has 3 rings (SSSR count). The van der Waals surface area contributed by atoms with Gasteiger partial charge >= 0.3 is 0 Å². The van der Waals surface area contributed by atoms with Crippen molar-refractivity contribution in [1.29, 1.82) is 0 Å². The first-order valence-electron chi connectivity index (χ1n) is 9.74. The molecule has 0 spiro atoms. The number of ether oxygens (including phenoxy) is 1. The van der Waals surface area contributed by atoms with Crippen LogP contribution in [0.3, 0.4) is 0 Å². The number of hydrogen-bond acceptors (Lipinski definition) is 7. The van der Waals surface area contributed by atoms with Gasteiger partial charge in [0.05, 0.1) is 17.3 Å². The van der Waals surface area contributed by atoms with Gasteiger partial charge in [-0.25, -0.2) is 18.4 Å². The van der Waals surface area contributed by atoms with Gasteiger partial charge in [-0.05, 0) is 43.3 Å². The number of thiazole rings is 1. The lowest BCUT2D eigenvalue weighted by Gasteiger charge is -2.18. The molecule has 0 atom stereocenters. The molecule has 0 N–H and O–H groups in total. The highest BCUT2D eigenvalue weighted by molar-refractivity contribution is 7.98. The minimum absolute atomic E-state index is 0.224. The summed E-state index contributed by atoms with van der Waals surface area (Å²) in [6.45, 7) is 7.15. The fraction of sp³-hybridized carbons (Fsp3) is 0.333. The Hall–Kier alpha value is -1.94. The molecular formula is C21H25N3O3S3. The van der Waals surface area contributed by atoms with Gasteiger partial charge in [-0.3, -0.25) is 0 Å². The third-order valence-electron chi connectivity index (χ3n) is 4.38. The van der Waals surface area contributed by atoms with Crippen molar-refractivity contribution in [2.24, 2.45) is 0 Å². The number of nitrogens with zero attached hydrogens (tertiary/aromatic N) is 3. The topological polar surface area (TPSA) is 72.4 Å². The molecule has 0 saturated heterocycles. The van der Waals surface area contributed by atoms with E-state index < -0.39 is 10.0 Å². The van der Waals surface area contributed by atoms with Gasteiger partial charge in [-0.1, -0.05) is 13.8 Å². The second-order valence-electron chi connectivity index (χ2n) is 6.31. The summed E-state index contributed by atoms with van der Waals surface area (Å²) >= 11 is 3.14. The summed E-state index contributed by atoms with van der Waals surface area (Å²) in [6, 6.07) is 11.3. The molecule has 6 nitrogen and oxygen atoms in total. The smallest absolute Gasteiger partial charge is 0.244 e. The minimum Gasteiger partial charge on any atom is -0.494 e. The molecule has 0 aliphatic carbocycles. The Morgan fingerprint density at radius 2 is 1.80 bits per heavy atom. The number of benzene rings is 1. The first kappa shape index (κ1) is 22.7. The quantitative estimate of drug-likeness (QED) is 0.397. The maximum Gasteiger partial charge on any atom is 0.244 e. The molecule has 2 aromatic heterocycles. The Kier molecular flexibility index (Phi) is 7.87. The zero-order chi connectivity index (χ0) is 21.6. The fourth-order valence-electron chi connectivity index (χ4n) is 2.83. The first-order chi connectivity index (χ1) is 14.5. The zero-order valence-electron chi connectivity index (χ0n) is 17.2. The summed E-state index contributed by atoms with van der Waals surface area (Å²) in [4.78, 5) is 9.25. The lowest BCUT2D eigenvalue weighted by atomic mass is 10.2.